The Balaban J connectivity index is 2.22. The van der Waals surface area contributed by atoms with Crippen LogP contribution in [0.1, 0.15) is 18.9 Å². The van der Waals surface area contributed by atoms with E-state index in [-0.39, 0.29) is 11.3 Å². The molecular formula is C16H19F3N4O. The Labute approximate surface area is 138 Å². The first-order valence-electron chi connectivity index (χ1n) is 7.49. The fraction of sp³-hybridized carbons (Fsp3) is 0.312. The third kappa shape index (κ3) is 4.21. The number of anilines is 2. The first-order valence-corrected chi connectivity index (χ1v) is 7.49. The highest BCUT2D eigenvalue weighted by molar-refractivity contribution is 6.07. The Hall–Kier alpha value is -2.64. The molecule has 0 saturated carbocycles. The van der Waals surface area contributed by atoms with Crippen LogP contribution in [-0.4, -0.2) is 18.9 Å². The molecule has 4 N–H and O–H groups in total. The Morgan fingerprint density at radius 3 is 2.71 bits per heavy atom. The van der Waals surface area contributed by atoms with Gasteiger partial charge in [0.25, 0.3) is 12.3 Å². The first kappa shape index (κ1) is 17.7. The average molecular weight is 340 g/mol. The van der Waals surface area contributed by atoms with Crippen LogP contribution in [0.2, 0.25) is 0 Å². The number of alkyl halides is 2. The maximum Gasteiger partial charge on any atom is 0.279 e. The highest BCUT2D eigenvalue weighted by atomic mass is 19.3. The maximum atomic E-state index is 13.8. The number of nitrogens with one attached hydrogen (secondary N) is 4. The second kappa shape index (κ2) is 7.76. The summed E-state index contributed by atoms with van der Waals surface area (Å²) in [5.41, 5.74) is 5.50. The second-order valence-corrected chi connectivity index (χ2v) is 5.30. The molecule has 0 atom stereocenters. The van der Waals surface area contributed by atoms with Gasteiger partial charge in [-0.15, -0.1) is 0 Å². The Bertz CT molecular complexity index is 686. The van der Waals surface area contributed by atoms with Crippen LogP contribution < -0.4 is 21.5 Å². The van der Waals surface area contributed by atoms with Crippen molar-refractivity contribution in [1.82, 2.24) is 10.9 Å². The van der Waals surface area contributed by atoms with Crippen molar-refractivity contribution in [2.45, 2.75) is 26.7 Å². The molecule has 0 saturated heterocycles. The van der Waals surface area contributed by atoms with E-state index in [0.717, 1.165) is 12.5 Å². The summed E-state index contributed by atoms with van der Waals surface area (Å²) in [7, 11) is 0. The van der Waals surface area contributed by atoms with E-state index in [9.17, 15) is 18.0 Å². The lowest BCUT2D eigenvalue weighted by Crippen LogP contribution is -2.34. The lowest BCUT2D eigenvalue weighted by atomic mass is 10.1. The number of aryl methyl sites for hydroxylation is 1. The van der Waals surface area contributed by atoms with Crippen LogP contribution in [0, 0.1) is 12.7 Å². The van der Waals surface area contributed by atoms with Gasteiger partial charge in [-0.1, -0.05) is 6.92 Å². The lowest BCUT2D eigenvalue weighted by Gasteiger charge is -2.18. The van der Waals surface area contributed by atoms with Gasteiger partial charge in [-0.05, 0) is 37.1 Å². The number of carbonyl (C=O) groups is 1. The minimum Gasteiger partial charge on any atom is -0.383 e. The second-order valence-electron chi connectivity index (χ2n) is 5.30. The summed E-state index contributed by atoms with van der Waals surface area (Å²) >= 11 is 0. The molecule has 1 amide bonds. The predicted molar refractivity (Wildman–Crippen MR) is 87.0 cm³/mol. The number of halogens is 3. The molecule has 2 rings (SSSR count). The maximum absolute atomic E-state index is 13.8. The zero-order valence-corrected chi connectivity index (χ0v) is 13.3. The van der Waals surface area contributed by atoms with Gasteiger partial charge in [0, 0.05) is 12.7 Å². The van der Waals surface area contributed by atoms with Gasteiger partial charge >= 0.3 is 0 Å². The van der Waals surface area contributed by atoms with Crippen molar-refractivity contribution in [2.75, 3.05) is 17.2 Å². The summed E-state index contributed by atoms with van der Waals surface area (Å²) in [6.07, 6.45) is 0.406. The lowest BCUT2D eigenvalue weighted by molar-refractivity contribution is -0.112. The van der Waals surface area contributed by atoms with E-state index in [1.165, 1.54) is 12.3 Å². The van der Waals surface area contributed by atoms with Gasteiger partial charge in [0.2, 0.25) is 0 Å². The van der Waals surface area contributed by atoms with Crippen LogP contribution in [0.5, 0.6) is 0 Å². The zero-order chi connectivity index (χ0) is 17.7. The van der Waals surface area contributed by atoms with Gasteiger partial charge in [-0.3, -0.25) is 10.2 Å². The SMILES string of the molecule is CCCNc1cc(C)c(F)cc1NC(=O)C1=CNNC(C(F)F)=C1. The summed E-state index contributed by atoms with van der Waals surface area (Å²) < 4.78 is 39.2. The molecule has 8 heteroatoms. The fourth-order valence-electron chi connectivity index (χ4n) is 2.08. The molecule has 0 spiro atoms. The predicted octanol–water partition coefficient (Wildman–Crippen LogP) is 3.04. The number of hydrogen-bond acceptors (Lipinski definition) is 4. The molecule has 1 aliphatic rings. The Kier molecular flexibility index (Phi) is 5.73. The van der Waals surface area contributed by atoms with Crippen LogP contribution in [0.25, 0.3) is 0 Å². The van der Waals surface area contributed by atoms with Gasteiger partial charge in [-0.25, -0.2) is 13.2 Å². The standard InChI is InChI=1S/C16H19F3N4O/c1-3-4-20-12-5-9(2)11(17)7-13(12)22-16(24)10-6-14(15(18)19)23-21-8-10/h5-8,15,20-21,23H,3-4H2,1-2H3,(H,22,24). The molecule has 1 aliphatic heterocycles. The molecule has 0 aliphatic carbocycles. The van der Waals surface area contributed by atoms with Crippen LogP contribution in [0.4, 0.5) is 24.5 Å². The van der Waals surface area contributed by atoms with Gasteiger partial charge in [0.15, 0.2) is 0 Å². The summed E-state index contributed by atoms with van der Waals surface area (Å²) in [4.78, 5) is 12.3. The highest BCUT2D eigenvalue weighted by Gasteiger charge is 2.19. The number of amides is 1. The highest BCUT2D eigenvalue weighted by Crippen LogP contribution is 2.26. The van der Waals surface area contributed by atoms with Crippen molar-refractivity contribution >= 4 is 17.3 Å². The number of carbonyl (C=O) groups excluding carboxylic acids is 1. The minimum absolute atomic E-state index is 0.00600. The van der Waals surface area contributed by atoms with Crippen LogP contribution in [0.3, 0.4) is 0 Å². The molecule has 0 bridgehead atoms. The van der Waals surface area contributed by atoms with E-state index in [0.29, 0.717) is 17.8 Å². The molecule has 1 aromatic carbocycles. The molecule has 0 fully saturated rings. The van der Waals surface area contributed by atoms with Crippen molar-refractivity contribution in [3.63, 3.8) is 0 Å². The topological polar surface area (TPSA) is 65.2 Å². The molecule has 130 valence electrons. The summed E-state index contributed by atoms with van der Waals surface area (Å²) in [6, 6.07) is 2.80. The van der Waals surface area contributed by atoms with E-state index < -0.39 is 23.8 Å². The molecule has 1 aromatic rings. The summed E-state index contributed by atoms with van der Waals surface area (Å²) in [5, 5.41) is 5.65. The third-order valence-corrected chi connectivity index (χ3v) is 3.36. The number of hydrogen-bond donors (Lipinski definition) is 4. The third-order valence-electron chi connectivity index (χ3n) is 3.36. The number of hydrazine groups is 1. The Morgan fingerprint density at radius 1 is 1.29 bits per heavy atom. The number of rotatable bonds is 6. The average Bonchev–Trinajstić information content (AvgIpc) is 2.56. The molecule has 0 unspecified atom stereocenters. The van der Waals surface area contributed by atoms with E-state index in [2.05, 4.69) is 21.5 Å². The van der Waals surface area contributed by atoms with Crippen molar-refractivity contribution < 1.29 is 18.0 Å². The summed E-state index contributed by atoms with van der Waals surface area (Å²) in [5.74, 6) is -1.08. The van der Waals surface area contributed by atoms with E-state index in [1.807, 2.05) is 6.92 Å². The quantitative estimate of drug-likeness (QED) is 0.643. The Morgan fingerprint density at radius 2 is 2.04 bits per heavy atom. The van der Waals surface area contributed by atoms with E-state index in [4.69, 9.17) is 0 Å². The molecule has 0 aromatic heterocycles. The normalized spacial score (nSPS) is 13.6. The number of benzene rings is 1. The van der Waals surface area contributed by atoms with Gasteiger partial charge in [-0.2, -0.15) is 0 Å². The monoisotopic (exact) mass is 340 g/mol. The molecule has 5 nitrogen and oxygen atoms in total. The van der Waals surface area contributed by atoms with Gasteiger partial charge < -0.3 is 16.1 Å². The van der Waals surface area contributed by atoms with Crippen molar-refractivity contribution in [3.05, 3.63) is 47.1 Å². The first-order chi connectivity index (χ1) is 11.4. The number of allylic oxidation sites excluding steroid dienone is 1. The smallest absolute Gasteiger partial charge is 0.279 e. The molecule has 24 heavy (non-hydrogen) atoms. The van der Waals surface area contributed by atoms with Crippen molar-refractivity contribution in [2.24, 2.45) is 0 Å². The molecular weight excluding hydrogens is 321 g/mol. The van der Waals surface area contributed by atoms with Gasteiger partial charge in [0.1, 0.15) is 5.82 Å². The minimum atomic E-state index is -2.74. The molecule has 1 heterocycles. The van der Waals surface area contributed by atoms with E-state index in [1.54, 1.807) is 13.0 Å². The van der Waals surface area contributed by atoms with Crippen molar-refractivity contribution in [3.8, 4) is 0 Å². The fourth-order valence-corrected chi connectivity index (χ4v) is 2.08. The summed E-state index contributed by atoms with van der Waals surface area (Å²) in [6.45, 7) is 4.25. The van der Waals surface area contributed by atoms with Crippen molar-refractivity contribution in [1.29, 1.82) is 0 Å². The largest absolute Gasteiger partial charge is 0.383 e. The van der Waals surface area contributed by atoms with Crippen LogP contribution in [-0.2, 0) is 4.79 Å². The van der Waals surface area contributed by atoms with Crippen LogP contribution in [0.15, 0.2) is 35.7 Å². The molecule has 0 radical (unpaired) electrons. The van der Waals surface area contributed by atoms with Gasteiger partial charge in [0.05, 0.1) is 22.6 Å². The van der Waals surface area contributed by atoms with Crippen LogP contribution >= 0.6 is 0 Å². The zero-order valence-electron chi connectivity index (χ0n) is 13.3. The van der Waals surface area contributed by atoms with E-state index >= 15 is 0 Å².